The highest BCUT2D eigenvalue weighted by molar-refractivity contribution is 5.71. The molecule has 0 atom stereocenters. The standard InChI is InChI=1S/C9H9O3/c1-11-9(10)7-12-8-5-3-2-4-6-8/h2-6H,1,7H2. The van der Waals surface area contributed by atoms with E-state index in [1.807, 2.05) is 18.2 Å². The van der Waals surface area contributed by atoms with Gasteiger partial charge in [-0.05, 0) is 12.1 Å². The van der Waals surface area contributed by atoms with Gasteiger partial charge in [0.1, 0.15) is 12.9 Å². The van der Waals surface area contributed by atoms with Crippen molar-refractivity contribution in [1.82, 2.24) is 0 Å². The molecule has 12 heavy (non-hydrogen) atoms. The highest BCUT2D eigenvalue weighted by Crippen LogP contribution is 2.07. The molecule has 0 spiro atoms. The van der Waals surface area contributed by atoms with Crippen molar-refractivity contribution < 1.29 is 14.3 Å². The van der Waals surface area contributed by atoms with Crippen LogP contribution >= 0.6 is 0 Å². The summed E-state index contributed by atoms with van der Waals surface area (Å²) >= 11 is 0. The van der Waals surface area contributed by atoms with Crippen molar-refractivity contribution in [3.8, 4) is 5.75 Å². The lowest BCUT2D eigenvalue weighted by Crippen LogP contribution is -2.11. The molecule has 0 aromatic heterocycles. The number of carbonyl (C=O) groups is 1. The van der Waals surface area contributed by atoms with Gasteiger partial charge in [0.15, 0.2) is 6.61 Å². The van der Waals surface area contributed by atoms with Crippen molar-refractivity contribution in [3.05, 3.63) is 37.4 Å². The summed E-state index contributed by atoms with van der Waals surface area (Å²) < 4.78 is 9.20. The average molecular weight is 165 g/mol. The zero-order chi connectivity index (χ0) is 8.81. The van der Waals surface area contributed by atoms with E-state index in [1.54, 1.807) is 12.1 Å². The lowest BCUT2D eigenvalue weighted by Gasteiger charge is -2.02. The van der Waals surface area contributed by atoms with E-state index in [-0.39, 0.29) is 6.61 Å². The van der Waals surface area contributed by atoms with Gasteiger partial charge in [-0.3, -0.25) is 0 Å². The van der Waals surface area contributed by atoms with Crippen LogP contribution in [0, 0.1) is 7.11 Å². The van der Waals surface area contributed by atoms with Crippen LogP contribution in [0.3, 0.4) is 0 Å². The highest BCUT2D eigenvalue weighted by atomic mass is 16.6. The van der Waals surface area contributed by atoms with Crippen LogP contribution in [0.15, 0.2) is 30.3 Å². The summed E-state index contributed by atoms with van der Waals surface area (Å²) in [5, 5.41) is 0. The molecule has 0 aliphatic carbocycles. The molecule has 0 N–H and O–H groups in total. The number of ether oxygens (including phenoxy) is 2. The monoisotopic (exact) mass is 165 g/mol. The minimum atomic E-state index is -0.487. The van der Waals surface area contributed by atoms with Crippen molar-refractivity contribution >= 4 is 5.97 Å². The van der Waals surface area contributed by atoms with Crippen LogP contribution < -0.4 is 4.74 Å². The van der Waals surface area contributed by atoms with E-state index in [9.17, 15) is 4.79 Å². The largest absolute Gasteiger partial charge is 0.482 e. The predicted octanol–water partition coefficient (Wildman–Crippen LogP) is 1.40. The predicted molar refractivity (Wildman–Crippen MR) is 43.4 cm³/mol. The number of benzene rings is 1. The van der Waals surface area contributed by atoms with E-state index in [0.717, 1.165) is 0 Å². The van der Waals surface area contributed by atoms with Crippen LogP contribution in [0.25, 0.3) is 0 Å². The molecule has 0 saturated heterocycles. The van der Waals surface area contributed by atoms with Crippen LogP contribution in [0.4, 0.5) is 0 Å². The minimum Gasteiger partial charge on any atom is -0.482 e. The third-order valence-corrected chi connectivity index (χ3v) is 1.26. The summed E-state index contributed by atoms with van der Waals surface area (Å²) in [5.41, 5.74) is 0. The minimum absolute atomic E-state index is 0.104. The van der Waals surface area contributed by atoms with Gasteiger partial charge < -0.3 is 9.47 Å². The van der Waals surface area contributed by atoms with E-state index < -0.39 is 5.97 Å². The molecule has 0 unspecified atom stereocenters. The van der Waals surface area contributed by atoms with Gasteiger partial charge in [0.05, 0.1) is 0 Å². The maximum atomic E-state index is 10.6. The van der Waals surface area contributed by atoms with Gasteiger partial charge >= 0.3 is 5.97 Å². The van der Waals surface area contributed by atoms with Crippen molar-refractivity contribution in [2.24, 2.45) is 0 Å². The van der Waals surface area contributed by atoms with Crippen LogP contribution in [0.5, 0.6) is 5.75 Å². The van der Waals surface area contributed by atoms with Gasteiger partial charge in [-0.2, -0.15) is 0 Å². The third-order valence-electron chi connectivity index (χ3n) is 1.26. The average Bonchev–Trinajstić information content (AvgIpc) is 2.16. The Bertz CT molecular complexity index is 243. The van der Waals surface area contributed by atoms with Crippen molar-refractivity contribution in [1.29, 1.82) is 0 Å². The molecule has 0 aliphatic rings. The maximum Gasteiger partial charge on any atom is 0.344 e. The van der Waals surface area contributed by atoms with Gasteiger partial charge in [-0.15, -0.1) is 0 Å². The summed E-state index contributed by atoms with van der Waals surface area (Å²) in [6.45, 7) is -0.104. The fourth-order valence-electron chi connectivity index (χ4n) is 0.701. The molecule has 1 aromatic rings. The molecule has 1 aromatic carbocycles. The molecule has 3 nitrogen and oxygen atoms in total. The number of esters is 1. The molecule has 1 radical (unpaired) electrons. The molecule has 0 aliphatic heterocycles. The Balaban J connectivity index is 2.38. The van der Waals surface area contributed by atoms with Crippen LogP contribution in [-0.2, 0) is 9.53 Å². The highest BCUT2D eigenvalue weighted by Gasteiger charge is 1.99. The smallest absolute Gasteiger partial charge is 0.344 e. The topological polar surface area (TPSA) is 35.5 Å². The molecule has 0 fully saturated rings. The quantitative estimate of drug-likeness (QED) is 0.635. The first-order valence-electron chi connectivity index (χ1n) is 3.45. The summed E-state index contributed by atoms with van der Waals surface area (Å²) in [7, 11) is 2.97. The van der Waals surface area contributed by atoms with Crippen molar-refractivity contribution in [2.45, 2.75) is 0 Å². The van der Waals surface area contributed by atoms with Crippen molar-refractivity contribution in [3.63, 3.8) is 0 Å². The number of rotatable bonds is 3. The third kappa shape index (κ3) is 2.62. The second-order valence-electron chi connectivity index (χ2n) is 2.12. The summed E-state index contributed by atoms with van der Waals surface area (Å²) in [4.78, 5) is 10.6. The van der Waals surface area contributed by atoms with E-state index in [4.69, 9.17) is 4.74 Å². The first kappa shape index (κ1) is 8.59. The molecular formula is C9H9O3. The van der Waals surface area contributed by atoms with Crippen LogP contribution in [0.2, 0.25) is 0 Å². The maximum absolute atomic E-state index is 10.6. The normalized spacial score (nSPS) is 9.08. The first-order chi connectivity index (χ1) is 5.83. The Morgan fingerprint density at radius 1 is 1.33 bits per heavy atom. The SMILES string of the molecule is [CH2]OC(=O)COc1ccccc1. The van der Waals surface area contributed by atoms with Crippen LogP contribution in [0.1, 0.15) is 0 Å². The lowest BCUT2D eigenvalue weighted by atomic mass is 10.3. The number of carbonyl (C=O) groups excluding carboxylic acids is 1. The van der Waals surface area contributed by atoms with Gasteiger partial charge in [-0.25, -0.2) is 4.79 Å². The molecule has 1 rings (SSSR count). The summed E-state index contributed by atoms with van der Waals surface area (Å²) in [5.74, 6) is 0.154. The fraction of sp³-hybridized carbons (Fsp3) is 0.111. The molecule has 3 heteroatoms. The molecule has 0 heterocycles. The lowest BCUT2D eigenvalue weighted by molar-refractivity contribution is -0.140. The molecule has 0 bridgehead atoms. The first-order valence-corrected chi connectivity index (χ1v) is 3.45. The molecule has 63 valence electrons. The van der Waals surface area contributed by atoms with E-state index in [2.05, 4.69) is 11.8 Å². The van der Waals surface area contributed by atoms with E-state index in [1.165, 1.54) is 0 Å². The number of hydrogen-bond donors (Lipinski definition) is 0. The van der Waals surface area contributed by atoms with Crippen LogP contribution in [-0.4, -0.2) is 12.6 Å². The Kier molecular flexibility index (Phi) is 3.14. The van der Waals surface area contributed by atoms with Gasteiger partial charge in [-0.1, -0.05) is 18.2 Å². The zero-order valence-corrected chi connectivity index (χ0v) is 6.53. The van der Waals surface area contributed by atoms with Gasteiger partial charge in [0.25, 0.3) is 0 Å². The zero-order valence-electron chi connectivity index (χ0n) is 6.53. The number of para-hydroxylation sites is 1. The Hall–Kier alpha value is -1.51. The summed E-state index contributed by atoms with van der Waals surface area (Å²) in [6.07, 6.45) is 0. The van der Waals surface area contributed by atoms with Crippen molar-refractivity contribution in [2.75, 3.05) is 6.61 Å². The molecular weight excluding hydrogens is 156 g/mol. The summed E-state index contributed by atoms with van der Waals surface area (Å²) in [6, 6.07) is 9.04. The van der Waals surface area contributed by atoms with E-state index >= 15 is 0 Å². The molecule has 0 amide bonds. The van der Waals surface area contributed by atoms with Gasteiger partial charge in [0, 0.05) is 0 Å². The Morgan fingerprint density at radius 3 is 2.58 bits per heavy atom. The van der Waals surface area contributed by atoms with E-state index in [0.29, 0.717) is 5.75 Å². The fourth-order valence-corrected chi connectivity index (χ4v) is 0.701. The Morgan fingerprint density at radius 2 is 2.00 bits per heavy atom. The second-order valence-corrected chi connectivity index (χ2v) is 2.12. The second kappa shape index (κ2) is 4.38. The Labute approximate surface area is 70.9 Å². The molecule has 0 saturated carbocycles. The number of hydrogen-bond acceptors (Lipinski definition) is 3. The van der Waals surface area contributed by atoms with Gasteiger partial charge in [0.2, 0.25) is 0 Å².